The lowest BCUT2D eigenvalue weighted by Gasteiger charge is -2.15. The number of thiophene rings is 1. The molecule has 31 heavy (non-hydrogen) atoms. The fraction of sp³-hybridized carbons (Fsp3) is 0.286. The van der Waals surface area contributed by atoms with E-state index in [0.29, 0.717) is 6.61 Å². The predicted molar refractivity (Wildman–Crippen MR) is 133 cm³/mol. The van der Waals surface area contributed by atoms with Crippen molar-refractivity contribution in [3.8, 4) is 28.0 Å². The molecule has 0 atom stereocenters. The fourth-order valence-corrected chi connectivity index (χ4v) is 3.81. The van der Waals surface area contributed by atoms with E-state index in [2.05, 4.69) is 111 Å². The maximum Gasteiger partial charge on any atom is 0.120 e. The second kappa shape index (κ2) is 11.0. The Morgan fingerprint density at radius 2 is 1.81 bits per heavy atom. The number of hydrogen-bond donors (Lipinski definition) is 0. The second-order valence-electron chi connectivity index (χ2n) is 8.73. The molecule has 0 spiro atoms. The van der Waals surface area contributed by atoms with Gasteiger partial charge in [-0.1, -0.05) is 54.3 Å². The minimum absolute atomic E-state index is 0.0436. The van der Waals surface area contributed by atoms with Gasteiger partial charge in [-0.05, 0) is 80.2 Å². The predicted octanol–water partition coefficient (Wildman–Crippen LogP) is 7.03. The summed E-state index contributed by atoms with van der Waals surface area (Å²) in [4.78, 5) is 3.55. The van der Waals surface area contributed by atoms with Crippen LogP contribution in [0, 0.1) is 17.3 Å². The molecule has 0 unspecified atom stereocenters. The summed E-state index contributed by atoms with van der Waals surface area (Å²) < 4.78 is 6.08. The van der Waals surface area contributed by atoms with Crippen molar-refractivity contribution in [1.29, 1.82) is 0 Å². The molecule has 3 aromatic rings. The van der Waals surface area contributed by atoms with E-state index >= 15 is 0 Å². The molecule has 2 aromatic carbocycles. The van der Waals surface area contributed by atoms with Crippen LogP contribution < -0.4 is 4.74 Å². The zero-order valence-electron chi connectivity index (χ0n) is 18.9. The normalized spacial score (nSPS) is 11.5. The van der Waals surface area contributed by atoms with Gasteiger partial charge in [0.2, 0.25) is 0 Å². The molecule has 3 heteroatoms. The number of benzene rings is 2. The minimum Gasteiger partial charge on any atom is -0.489 e. The molecule has 0 amide bonds. The smallest absolute Gasteiger partial charge is 0.120 e. The summed E-state index contributed by atoms with van der Waals surface area (Å²) in [5, 5.41) is 2.11. The average Bonchev–Trinajstić information content (AvgIpc) is 3.27. The zero-order valence-corrected chi connectivity index (χ0v) is 19.7. The Morgan fingerprint density at radius 1 is 1.00 bits per heavy atom. The maximum absolute atomic E-state index is 6.08. The molecule has 0 aliphatic heterocycles. The van der Waals surface area contributed by atoms with Crippen LogP contribution in [0.1, 0.15) is 31.9 Å². The molecule has 0 saturated heterocycles. The third kappa shape index (κ3) is 8.09. The van der Waals surface area contributed by atoms with Crippen LogP contribution in [-0.2, 0) is 13.2 Å². The first-order valence-corrected chi connectivity index (χ1v) is 11.5. The first kappa shape index (κ1) is 22.9. The van der Waals surface area contributed by atoms with Crippen LogP contribution in [-0.4, -0.2) is 18.5 Å². The molecule has 0 radical (unpaired) electrons. The van der Waals surface area contributed by atoms with Gasteiger partial charge in [0.25, 0.3) is 0 Å². The molecule has 0 fully saturated rings. The Labute approximate surface area is 191 Å². The molecule has 0 aliphatic rings. The van der Waals surface area contributed by atoms with Crippen LogP contribution in [0.5, 0.6) is 5.75 Å². The van der Waals surface area contributed by atoms with Gasteiger partial charge < -0.3 is 4.74 Å². The number of ether oxygens (including phenoxy) is 1. The highest BCUT2D eigenvalue weighted by molar-refractivity contribution is 7.13. The maximum atomic E-state index is 6.08. The standard InChI is InChI=1S/C28H31NOS/c1-28(2,3)16-6-5-7-17-29(4)21-23-11-9-14-26(20-23)30-22-24-12-8-13-25(19-24)27-15-10-18-31-27/h5,7-15,18-20H,17,21-22H2,1-4H3. The molecule has 1 heterocycles. The Balaban J connectivity index is 1.53. The Kier molecular flexibility index (Phi) is 8.12. The summed E-state index contributed by atoms with van der Waals surface area (Å²) in [6.45, 7) is 8.65. The SMILES string of the molecule is CN(CC=CC#CC(C)(C)C)Cc1cccc(OCc2cccc(-c3cccs3)c2)c1. The van der Waals surface area contributed by atoms with Crippen LogP contribution >= 0.6 is 11.3 Å². The molecule has 0 saturated carbocycles. The van der Waals surface area contributed by atoms with Crippen molar-refractivity contribution in [2.75, 3.05) is 13.6 Å². The number of rotatable bonds is 8. The summed E-state index contributed by atoms with van der Waals surface area (Å²) in [7, 11) is 2.12. The van der Waals surface area contributed by atoms with Gasteiger partial charge in [0.1, 0.15) is 12.4 Å². The zero-order chi connectivity index (χ0) is 22.1. The first-order valence-electron chi connectivity index (χ1n) is 10.6. The van der Waals surface area contributed by atoms with E-state index in [1.165, 1.54) is 21.6 Å². The Hall–Kier alpha value is -2.80. The number of hydrogen-bond acceptors (Lipinski definition) is 3. The van der Waals surface area contributed by atoms with Crippen LogP contribution in [0.3, 0.4) is 0 Å². The van der Waals surface area contributed by atoms with Crippen LogP contribution in [0.2, 0.25) is 0 Å². The van der Waals surface area contributed by atoms with Gasteiger partial charge in [-0.2, -0.15) is 0 Å². The van der Waals surface area contributed by atoms with E-state index in [-0.39, 0.29) is 5.41 Å². The minimum atomic E-state index is 0.0436. The number of likely N-dealkylation sites (N-methyl/N-ethyl adjacent to an activating group) is 1. The van der Waals surface area contributed by atoms with Gasteiger partial charge in [-0.3, -0.25) is 4.90 Å². The number of allylic oxidation sites excluding steroid dienone is 1. The average molecular weight is 430 g/mol. The second-order valence-corrected chi connectivity index (χ2v) is 9.68. The summed E-state index contributed by atoms with van der Waals surface area (Å²) in [5.74, 6) is 7.24. The van der Waals surface area contributed by atoms with Crippen LogP contribution in [0.25, 0.3) is 10.4 Å². The quantitative estimate of drug-likeness (QED) is 0.356. The fourth-order valence-electron chi connectivity index (χ4n) is 3.08. The summed E-state index contributed by atoms with van der Waals surface area (Å²) >= 11 is 1.76. The lowest BCUT2D eigenvalue weighted by molar-refractivity contribution is 0.304. The first-order chi connectivity index (χ1) is 14.9. The van der Waals surface area contributed by atoms with E-state index in [1.807, 2.05) is 12.1 Å². The lowest BCUT2D eigenvalue weighted by Crippen LogP contribution is -2.17. The molecule has 0 aliphatic carbocycles. The van der Waals surface area contributed by atoms with Crippen molar-refractivity contribution in [1.82, 2.24) is 4.90 Å². The third-order valence-electron chi connectivity index (χ3n) is 4.55. The largest absolute Gasteiger partial charge is 0.489 e. The highest BCUT2D eigenvalue weighted by Gasteiger charge is 2.04. The number of nitrogens with zero attached hydrogens (tertiary/aromatic N) is 1. The van der Waals surface area contributed by atoms with Crippen LogP contribution in [0.15, 0.2) is 78.2 Å². The van der Waals surface area contributed by atoms with Crippen molar-refractivity contribution in [2.24, 2.45) is 5.41 Å². The summed E-state index contributed by atoms with van der Waals surface area (Å²) in [5.41, 5.74) is 3.70. The van der Waals surface area contributed by atoms with E-state index in [4.69, 9.17) is 4.74 Å². The van der Waals surface area contributed by atoms with Gasteiger partial charge >= 0.3 is 0 Å². The van der Waals surface area contributed by atoms with Crippen LogP contribution in [0.4, 0.5) is 0 Å². The molecular formula is C28H31NOS. The Bertz CT molecular complexity index is 1050. The van der Waals surface area contributed by atoms with E-state index in [9.17, 15) is 0 Å². The molecule has 2 nitrogen and oxygen atoms in total. The van der Waals surface area contributed by atoms with Gasteiger partial charge in [0.05, 0.1) is 0 Å². The Morgan fingerprint density at radius 3 is 2.58 bits per heavy atom. The topological polar surface area (TPSA) is 12.5 Å². The van der Waals surface area contributed by atoms with E-state index < -0.39 is 0 Å². The molecule has 1 aromatic heterocycles. The van der Waals surface area contributed by atoms with Crippen molar-refractivity contribution in [2.45, 2.75) is 33.9 Å². The van der Waals surface area contributed by atoms with E-state index in [0.717, 1.165) is 18.8 Å². The molecule has 160 valence electrons. The molecule has 0 bridgehead atoms. The summed E-state index contributed by atoms with van der Waals surface area (Å²) in [6, 6.07) is 21.2. The van der Waals surface area contributed by atoms with Gasteiger partial charge in [-0.15, -0.1) is 11.3 Å². The third-order valence-corrected chi connectivity index (χ3v) is 5.47. The monoisotopic (exact) mass is 429 g/mol. The summed E-state index contributed by atoms with van der Waals surface area (Å²) in [6.07, 6.45) is 4.06. The van der Waals surface area contributed by atoms with E-state index in [1.54, 1.807) is 11.3 Å². The highest BCUT2D eigenvalue weighted by Crippen LogP contribution is 2.26. The van der Waals surface area contributed by atoms with Crippen molar-refractivity contribution in [3.63, 3.8) is 0 Å². The molecular weight excluding hydrogens is 398 g/mol. The van der Waals surface area contributed by atoms with Gasteiger partial charge in [0.15, 0.2) is 0 Å². The molecule has 0 N–H and O–H groups in total. The van der Waals surface area contributed by atoms with Gasteiger partial charge in [0, 0.05) is 23.4 Å². The lowest BCUT2D eigenvalue weighted by atomic mass is 9.98. The van der Waals surface area contributed by atoms with Crippen molar-refractivity contribution < 1.29 is 4.74 Å². The highest BCUT2D eigenvalue weighted by atomic mass is 32.1. The van der Waals surface area contributed by atoms with Gasteiger partial charge in [-0.25, -0.2) is 0 Å². The van der Waals surface area contributed by atoms with Crippen molar-refractivity contribution in [3.05, 3.63) is 89.3 Å². The van der Waals surface area contributed by atoms with Crippen molar-refractivity contribution >= 4 is 11.3 Å². The molecule has 3 rings (SSSR count).